The Bertz CT molecular complexity index is 639. The molecule has 118 valence electrons. The number of nitrogens with one attached hydrogen (secondary N) is 2. The molecule has 1 aliphatic rings. The van der Waals surface area contributed by atoms with Gasteiger partial charge in [-0.3, -0.25) is 4.79 Å². The molecule has 1 heterocycles. The number of amides is 1. The first-order valence-corrected chi connectivity index (χ1v) is 7.71. The fourth-order valence-corrected chi connectivity index (χ4v) is 3.11. The number of piperidine rings is 1. The number of fused-ring (bicyclic) bond motifs is 1. The van der Waals surface area contributed by atoms with Crippen LogP contribution in [0.2, 0.25) is 0 Å². The van der Waals surface area contributed by atoms with Crippen LogP contribution in [0, 0.1) is 5.92 Å². The summed E-state index contributed by atoms with van der Waals surface area (Å²) >= 11 is 0. The van der Waals surface area contributed by atoms with Gasteiger partial charge in [-0.2, -0.15) is 0 Å². The van der Waals surface area contributed by atoms with Crippen molar-refractivity contribution in [2.24, 2.45) is 5.92 Å². The summed E-state index contributed by atoms with van der Waals surface area (Å²) in [4.78, 5) is 12.3. The van der Waals surface area contributed by atoms with Gasteiger partial charge < -0.3 is 10.6 Å². The van der Waals surface area contributed by atoms with Gasteiger partial charge in [0.1, 0.15) is 0 Å². The highest BCUT2D eigenvalue weighted by Gasteiger charge is 2.22. The summed E-state index contributed by atoms with van der Waals surface area (Å²) in [5.74, 6) is 0.625. The average molecular weight is 319 g/mol. The normalized spacial score (nSPS) is 21.1. The summed E-state index contributed by atoms with van der Waals surface area (Å²) in [6.45, 7) is 4.16. The van der Waals surface area contributed by atoms with Crippen LogP contribution in [0.1, 0.15) is 18.9 Å². The molecule has 1 amide bonds. The van der Waals surface area contributed by atoms with Crippen molar-refractivity contribution in [3.05, 3.63) is 48.0 Å². The van der Waals surface area contributed by atoms with Gasteiger partial charge in [0, 0.05) is 6.04 Å². The average Bonchev–Trinajstić information content (AvgIpc) is 2.50. The molecule has 4 heteroatoms. The predicted octanol–water partition coefficient (Wildman–Crippen LogP) is 2.92. The first-order valence-electron chi connectivity index (χ1n) is 7.71. The van der Waals surface area contributed by atoms with Crippen LogP contribution in [0.15, 0.2) is 42.5 Å². The van der Waals surface area contributed by atoms with Gasteiger partial charge in [-0.15, -0.1) is 12.4 Å². The summed E-state index contributed by atoms with van der Waals surface area (Å²) in [5, 5.41) is 8.93. The Morgan fingerprint density at radius 1 is 1.23 bits per heavy atom. The van der Waals surface area contributed by atoms with E-state index in [9.17, 15) is 4.79 Å². The van der Waals surface area contributed by atoms with E-state index in [-0.39, 0.29) is 18.3 Å². The second-order valence-corrected chi connectivity index (χ2v) is 5.96. The van der Waals surface area contributed by atoms with Gasteiger partial charge in [0.25, 0.3) is 0 Å². The third-order valence-electron chi connectivity index (χ3n) is 4.36. The van der Waals surface area contributed by atoms with E-state index in [0.717, 1.165) is 25.1 Å². The highest BCUT2D eigenvalue weighted by molar-refractivity contribution is 5.90. The zero-order valence-electron chi connectivity index (χ0n) is 12.8. The number of halogens is 1. The highest BCUT2D eigenvalue weighted by atomic mass is 35.5. The largest absolute Gasteiger partial charge is 0.353 e. The van der Waals surface area contributed by atoms with Crippen LogP contribution in [-0.2, 0) is 11.2 Å². The predicted molar refractivity (Wildman–Crippen MR) is 93.5 cm³/mol. The summed E-state index contributed by atoms with van der Waals surface area (Å²) < 4.78 is 0. The molecule has 2 atom stereocenters. The number of benzene rings is 2. The van der Waals surface area contributed by atoms with E-state index in [1.807, 2.05) is 24.3 Å². The summed E-state index contributed by atoms with van der Waals surface area (Å²) in [6.07, 6.45) is 1.47. The monoisotopic (exact) mass is 318 g/mol. The van der Waals surface area contributed by atoms with Crippen LogP contribution in [-0.4, -0.2) is 25.0 Å². The first kappa shape index (κ1) is 16.8. The Morgan fingerprint density at radius 3 is 2.82 bits per heavy atom. The van der Waals surface area contributed by atoms with Crippen molar-refractivity contribution in [2.75, 3.05) is 13.1 Å². The highest BCUT2D eigenvalue weighted by Crippen LogP contribution is 2.19. The van der Waals surface area contributed by atoms with Crippen LogP contribution in [0.5, 0.6) is 0 Å². The van der Waals surface area contributed by atoms with Crippen molar-refractivity contribution in [2.45, 2.75) is 25.8 Å². The Labute approximate surface area is 137 Å². The standard InChI is InChI=1S/C18H22N2O.ClH/c1-13-12-19-10-9-17(13)20-18(21)11-15-7-4-6-14-5-2-3-8-16(14)15;/h2-8,13,17,19H,9-12H2,1H3,(H,20,21);1H. The third-order valence-corrected chi connectivity index (χ3v) is 4.36. The molecule has 0 spiro atoms. The Kier molecular flexibility index (Phi) is 5.81. The maximum atomic E-state index is 12.3. The lowest BCUT2D eigenvalue weighted by molar-refractivity contribution is -0.121. The minimum absolute atomic E-state index is 0. The lowest BCUT2D eigenvalue weighted by Gasteiger charge is -2.30. The van der Waals surface area contributed by atoms with Gasteiger partial charge >= 0.3 is 0 Å². The molecule has 1 aliphatic heterocycles. The molecule has 3 rings (SSSR count). The quantitative estimate of drug-likeness (QED) is 0.913. The fourth-order valence-electron chi connectivity index (χ4n) is 3.11. The van der Waals surface area contributed by atoms with Crippen LogP contribution in [0.4, 0.5) is 0 Å². The van der Waals surface area contributed by atoms with E-state index in [2.05, 4.69) is 35.8 Å². The lowest BCUT2D eigenvalue weighted by atomic mass is 9.95. The second kappa shape index (κ2) is 7.61. The molecule has 2 unspecified atom stereocenters. The van der Waals surface area contributed by atoms with Crippen molar-refractivity contribution in [1.29, 1.82) is 0 Å². The molecule has 0 saturated carbocycles. The molecule has 1 fully saturated rings. The van der Waals surface area contributed by atoms with E-state index >= 15 is 0 Å². The van der Waals surface area contributed by atoms with Gasteiger partial charge in [0.05, 0.1) is 6.42 Å². The Balaban J connectivity index is 0.00000176. The molecular formula is C18H23ClN2O. The maximum Gasteiger partial charge on any atom is 0.224 e. The molecule has 0 aliphatic carbocycles. The molecule has 2 aromatic rings. The number of hydrogen-bond acceptors (Lipinski definition) is 2. The van der Waals surface area contributed by atoms with Gasteiger partial charge in [0.15, 0.2) is 0 Å². The van der Waals surface area contributed by atoms with Gasteiger partial charge in [-0.1, -0.05) is 49.4 Å². The molecule has 0 radical (unpaired) electrons. The van der Waals surface area contributed by atoms with Crippen molar-refractivity contribution in [3.63, 3.8) is 0 Å². The van der Waals surface area contributed by atoms with Gasteiger partial charge in [0.2, 0.25) is 5.91 Å². The van der Waals surface area contributed by atoms with Crippen LogP contribution >= 0.6 is 12.4 Å². The molecule has 0 aromatic heterocycles. The minimum Gasteiger partial charge on any atom is -0.353 e. The van der Waals surface area contributed by atoms with Crippen LogP contribution in [0.25, 0.3) is 10.8 Å². The number of rotatable bonds is 3. The first-order chi connectivity index (χ1) is 10.2. The molecule has 2 aromatic carbocycles. The molecule has 2 N–H and O–H groups in total. The van der Waals surface area contributed by atoms with Crippen molar-refractivity contribution in [3.8, 4) is 0 Å². The van der Waals surface area contributed by atoms with E-state index in [4.69, 9.17) is 0 Å². The molecule has 0 bridgehead atoms. The third kappa shape index (κ3) is 3.79. The van der Waals surface area contributed by atoms with E-state index < -0.39 is 0 Å². The van der Waals surface area contributed by atoms with E-state index in [1.54, 1.807) is 0 Å². The maximum absolute atomic E-state index is 12.3. The topological polar surface area (TPSA) is 41.1 Å². The van der Waals surface area contributed by atoms with E-state index in [1.165, 1.54) is 10.8 Å². The number of carbonyl (C=O) groups excluding carboxylic acids is 1. The smallest absolute Gasteiger partial charge is 0.224 e. The summed E-state index contributed by atoms with van der Waals surface area (Å²) in [6, 6.07) is 14.7. The molecule has 22 heavy (non-hydrogen) atoms. The second-order valence-electron chi connectivity index (χ2n) is 5.96. The van der Waals surface area contributed by atoms with E-state index in [0.29, 0.717) is 18.4 Å². The fraction of sp³-hybridized carbons (Fsp3) is 0.389. The lowest BCUT2D eigenvalue weighted by Crippen LogP contribution is -2.48. The zero-order valence-corrected chi connectivity index (χ0v) is 13.7. The number of hydrogen-bond donors (Lipinski definition) is 2. The van der Waals surface area contributed by atoms with Crippen molar-refractivity contribution < 1.29 is 4.79 Å². The van der Waals surface area contributed by atoms with Crippen molar-refractivity contribution >= 4 is 29.1 Å². The van der Waals surface area contributed by atoms with Crippen LogP contribution < -0.4 is 10.6 Å². The molecule has 3 nitrogen and oxygen atoms in total. The van der Waals surface area contributed by atoms with Crippen molar-refractivity contribution in [1.82, 2.24) is 10.6 Å². The zero-order chi connectivity index (χ0) is 14.7. The summed E-state index contributed by atoms with van der Waals surface area (Å²) in [5.41, 5.74) is 1.10. The minimum atomic E-state index is 0. The van der Waals surface area contributed by atoms with Gasteiger partial charge in [-0.05, 0) is 41.8 Å². The SMILES string of the molecule is CC1CNCCC1NC(=O)Cc1cccc2ccccc12.Cl. The molecule has 1 saturated heterocycles. The number of carbonyl (C=O) groups is 1. The Morgan fingerprint density at radius 2 is 2.00 bits per heavy atom. The Hall–Kier alpha value is -1.58. The van der Waals surface area contributed by atoms with Gasteiger partial charge in [-0.25, -0.2) is 0 Å². The summed E-state index contributed by atoms with van der Waals surface area (Å²) in [7, 11) is 0. The van der Waals surface area contributed by atoms with Crippen LogP contribution in [0.3, 0.4) is 0 Å². The molecular weight excluding hydrogens is 296 g/mol.